The minimum Gasteiger partial charge on any atom is -0.467 e. The van der Waals surface area contributed by atoms with E-state index < -0.39 is 28.5 Å². The fraction of sp³-hybridized carbons (Fsp3) is 0.308. The Morgan fingerprint density at radius 2 is 1.60 bits per heavy atom. The van der Waals surface area contributed by atoms with Crippen molar-refractivity contribution in [2.75, 3.05) is 13.1 Å². The summed E-state index contributed by atoms with van der Waals surface area (Å²) in [5, 5.41) is 2.92. The lowest BCUT2D eigenvalue weighted by atomic mass is 10.0. The zero-order valence-electron chi connectivity index (χ0n) is 19.9. The molecule has 1 aromatic heterocycles. The minimum absolute atomic E-state index is 0.0356. The first-order chi connectivity index (χ1) is 16.8. The van der Waals surface area contributed by atoms with Crippen LogP contribution in [0.25, 0.3) is 0 Å². The monoisotopic (exact) mass is 497 g/mol. The molecule has 2 amide bonds. The molecular formula is C26H31N3O5S. The van der Waals surface area contributed by atoms with Gasteiger partial charge in [-0.05, 0) is 42.2 Å². The lowest BCUT2D eigenvalue weighted by Gasteiger charge is -2.33. The van der Waals surface area contributed by atoms with Crippen LogP contribution in [0.4, 0.5) is 0 Å². The van der Waals surface area contributed by atoms with Crippen LogP contribution in [0.1, 0.15) is 25.2 Å². The van der Waals surface area contributed by atoms with E-state index in [9.17, 15) is 18.0 Å². The Bertz CT molecular complexity index is 1180. The van der Waals surface area contributed by atoms with E-state index in [4.69, 9.17) is 4.42 Å². The number of rotatable bonds is 12. The summed E-state index contributed by atoms with van der Waals surface area (Å²) >= 11 is 0. The number of nitrogens with zero attached hydrogens (tertiary/aromatic N) is 1. The number of benzene rings is 2. The van der Waals surface area contributed by atoms with Gasteiger partial charge in [-0.2, -0.15) is 0 Å². The maximum atomic E-state index is 13.3. The Hall–Kier alpha value is -3.43. The van der Waals surface area contributed by atoms with Crippen LogP contribution >= 0.6 is 0 Å². The molecule has 1 heterocycles. The highest BCUT2D eigenvalue weighted by Gasteiger charge is 2.33. The summed E-state index contributed by atoms with van der Waals surface area (Å²) < 4.78 is 33.0. The molecule has 1 atom stereocenters. The molecule has 3 rings (SSSR count). The van der Waals surface area contributed by atoms with Crippen LogP contribution in [0.3, 0.4) is 0 Å². The second kappa shape index (κ2) is 12.3. The highest BCUT2D eigenvalue weighted by atomic mass is 32.2. The van der Waals surface area contributed by atoms with E-state index in [1.165, 1.54) is 23.3 Å². The molecule has 0 aliphatic heterocycles. The first kappa shape index (κ1) is 26.2. The fourth-order valence-electron chi connectivity index (χ4n) is 3.74. The first-order valence-corrected chi connectivity index (χ1v) is 12.9. The van der Waals surface area contributed by atoms with Gasteiger partial charge in [-0.15, -0.1) is 0 Å². The highest BCUT2D eigenvalue weighted by molar-refractivity contribution is 7.89. The maximum Gasteiger partial charge on any atom is 0.243 e. The number of furan rings is 1. The van der Waals surface area contributed by atoms with Crippen molar-refractivity contribution in [3.8, 4) is 0 Å². The molecule has 0 saturated carbocycles. The second-order valence-corrected chi connectivity index (χ2v) is 10.2. The van der Waals surface area contributed by atoms with Crippen molar-refractivity contribution in [1.82, 2.24) is 14.9 Å². The third-order valence-corrected chi connectivity index (χ3v) is 6.90. The highest BCUT2D eigenvalue weighted by Crippen LogP contribution is 2.17. The molecule has 0 spiro atoms. The molecule has 0 aliphatic carbocycles. The summed E-state index contributed by atoms with van der Waals surface area (Å²) in [7, 11) is -3.88. The summed E-state index contributed by atoms with van der Waals surface area (Å²) in [5.41, 5.74) is 1.09. The van der Waals surface area contributed by atoms with Crippen LogP contribution in [-0.2, 0) is 32.6 Å². The Balaban J connectivity index is 1.73. The van der Waals surface area contributed by atoms with Crippen LogP contribution in [0.15, 0.2) is 88.4 Å². The third kappa shape index (κ3) is 7.53. The van der Waals surface area contributed by atoms with Gasteiger partial charge in [0, 0.05) is 6.54 Å². The van der Waals surface area contributed by atoms with Gasteiger partial charge in [0.2, 0.25) is 21.8 Å². The molecule has 8 nitrogen and oxygen atoms in total. The lowest BCUT2D eigenvalue weighted by Crippen LogP contribution is -2.54. The number of sulfonamides is 1. The van der Waals surface area contributed by atoms with Crippen LogP contribution in [0, 0.1) is 5.92 Å². The Morgan fingerprint density at radius 1 is 0.943 bits per heavy atom. The second-order valence-electron chi connectivity index (χ2n) is 8.45. The molecule has 9 heteroatoms. The maximum absolute atomic E-state index is 13.3. The van der Waals surface area contributed by atoms with Crippen molar-refractivity contribution in [2.24, 2.45) is 5.92 Å². The first-order valence-electron chi connectivity index (χ1n) is 11.5. The van der Waals surface area contributed by atoms with E-state index in [0.717, 1.165) is 5.56 Å². The van der Waals surface area contributed by atoms with Crippen molar-refractivity contribution in [3.05, 3.63) is 90.4 Å². The van der Waals surface area contributed by atoms with Gasteiger partial charge in [-0.1, -0.05) is 62.4 Å². The smallest absolute Gasteiger partial charge is 0.243 e. The predicted molar refractivity (Wildman–Crippen MR) is 133 cm³/mol. The molecule has 0 radical (unpaired) electrons. The van der Waals surface area contributed by atoms with Crippen molar-refractivity contribution in [2.45, 2.75) is 37.8 Å². The van der Waals surface area contributed by atoms with Gasteiger partial charge in [0.1, 0.15) is 11.8 Å². The van der Waals surface area contributed by atoms with Crippen LogP contribution in [0.2, 0.25) is 0 Å². The summed E-state index contributed by atoms with van der Waals surface area (Å²) in [6.45, 7) is 3.65. The van der Waals surface area contributed by atoms with Crippen molar-refractivity contribution >= 4 is 21.8 Å². The van der Waals surface area contributed by atoms with E-state index in [0.29, 0.717) is 18.7 Å². The molecule has 3 aromatic rings. The van der Waals surface area contributed by atoms with Crippen molar-refractivity contribution in [3.63, 3.8) is 0 Å². The molecule has 1 unspecified atom stereocenters. The predicted octanol–water partition coefficient (Wildman–Crippen LogP) is 2.97. The van der Waals surface area contributed by atoms with Gasteiger partial charge in [0.05, 0.1) is 24.2 Å². The van der Waals surface area contributed by atoms with Crippen LogP contribution in [-0.4, -0.2) is 44.3 Å². The van der Waals surface area contributed by atoms with Crippen LogP contribution in [0.5, 0.6) is 0 Å². The molecule has 2 N–H and O–H groups in total. The van der Waals surface area contributed by atoms with E-state index in [2.05, 4.69) is 10.0 Å². The quantitative estimate of drug-likeness (QED) is 0.400. The molecule has 0 fully saturated rings. The summed E-state index contributed by atoms with van der Waals surface area (Å²) in [5.74, 6) is -0.567. The SMILES string of the molecule is CC(C)C(C(=O)NCCc1ccccc1)N(Cc1ccco1)C(=O)CNS(=O)(=O)c1ccccc1. The van der Waals surface area contributed by atoms with E-state index >= 15 is 0 Å². The normalized spacial score (nSPS) is 12.3. The van der Waals surface area contributed by atoms with E-state index in [1.807, 2.05) is 44.2 Å². The standard InChI is InChI=1S/C26H31N3O5S/c1-20(2)25(26(31)27-16-15-21-10-5-3-6-11-21)29(19-22-12-9-17-34-22)24(30)18-28-35(32,33)23-13-7-4-8-14-23/h3-14,17,20,25,28H,15-16,18-19H2,1-2H3,(H,27,31). The minimum atomic E-state index is -3.88. The van der Waals surface area contributed by atoms with Gasteiger partial charge >= 0.3 is 0 Å². The van der Waals surface area contributed by atoms with Gasteiger partial charge in [-0.25, -0.2) is 13.1 Å². The van der Waals surface area contributed by atoms with E-state index in [1.54, 1.807) is 30.3 Å². The molecule has 186 valence electrons. The molecule has 0 bridgehead atoms. The number of amides is 2. The average Bonchev–Trinajstić information content (AvgIpc) is 3.36. The molecule has 2 aromatic carbocycles. The van der Waals surface area contributed by atoms with Gasteiger partial charge < -0.3 is 14.6 Å². The number of carbonyl (C=O) groups excluding carboxylic acids is 2. The number of carbonyl (C=O) groups is 2. The van der Waals surface area contributed by atoms with Crippen LogP contribution < -0.4 is 10.0 Å². The third-order valence-electron chi connectivity index (χ3n) is 5.49. The summed E-state index contributed by atoms with van der Waals surface area (Å²) in [6, 6.07) is 20.2. The molecule has 0 saturated heterocycles. The zero-order valence-corrected chi connectivity index (χ0v) is 20.7. The average molecular weight is 498 g/mol. The van der Waals surface area contributed by atoms with E-state index in [-0.39, 0.29) is 23.3 Å². The molecule has 0 aliphatic rings. The Morgan fingerprint density at radius 3 is 2.20 bits per heavy atom. The zero-order chi connectivity index (χ0) is 25.3. The molecular weight excluding hydrogens is 466 g/mol. The molecule has 35 heavy (non-hydrogen) atoms. The summed E-state index contributed by atoms with van der Waals surface area (Å²) in [6.07, 6.45) is 2.14. The van der Waals surface area contributed by atoms with Crippen molar-refractivity contribution < 1.29 is 22.4 Å². The van der Waals surface area contributed by atoms with Crippen molar-refractivity contribution in [1.29, 1.82) is 0 Å². The summed E-state index contributed by atoms with van der Waals surface area (Å²) in [4.78, 5) is 27.9. The topological polar surface area (TPSA) is 109 Å². The fourth-order valence-corrected chi connectivity index (χ4v) is 4.73. The Kier molecular flexibility index (Phi) is 9.22. The lowest BCUT2D eigenvalue weighted by molar-refractivity contribution is -0.142. The van der Waals surface area contributed by atoms with Gasteiger partial charge in [0.15, 0.2) is 0 Å². The number of hydrogen-bond donors (Lipinski definition) is 2. The van der Waals surface area contributed by atoms with Gasteiger partial charge in [-0.3, -0.25) is 9.59 Å². The number of hydrogen-bond acceptors (Lipinski definition) is 5. The number of nitrogens with one attached hydrogen (secondary N) is 2. The Labute approximate surface area is 206 Å². The van der Waals surface area contributed by atoms with Gasteiger partial charge in [0.25, 0.3) is 0 Å². The largest absolute Gasteiger partial charge is 0.467 e.